The van der Waals surface area contributed by atoms with E-state index >= 15 is 0 Å². The maximum Gasteiger partial charge on any atom is 0.122 e. The summed E-state index contributed by atoms with van der Waals surface area (Å²) in [5, 5.41) is 3.46. The highest BCUT2D eigenvalue weighted by atomic mass is 16.3. The van der Waals surface area contributed by atoms with E-state index in [-0.39, 0.29) is 0 Å². The largest absolute Gasteiger partial charge is 0.468 e. The van der Waals surface area contributed by atoms with Crippen molar-refractivity contribution in [3.8, 4) is 0 Å². The first-order valence-electron chi connectivity index (χ1n) is 8.30. The molecule has 0 unspecified atom stereocenters. The van der Waals surface area contributed by atoms with E-state index in [9.17, 15) is 0 Å². The van der Waals surface area contributed by atoms with E-state index in [1.54, 1.807) is 0 Å². The Kier molecular flexibility index (Phi) is 9.42. The van der Waals surface area contributed by atoms with Crippen molar-refractivity contribution >= 4 is 0 Å². The molecule has 0 saturated carbocycles. The van der Waals surface area contributed by atoms with E-state index < -0.39 is 0 Å². The average molecular weight is 280 g/mol. The molecule has 0 radical (unpaired) electrons. The van der Waals surface area contributed by atoms with Gasteiger partial charge in [0, 0.05) is 12.1 Å². The first-order chi connectivity index (χ1) is 9.81. The smallest absolute Gasteiger partial charge is 0.122 e. The third-order valence-electron chi connectivity index (χ3n) is 3.60. The summed E-state index contributed by atoms with van der Waals surface area (Å²) in [5.41, 5.74) is 1.32. The lowest BCUT2D eigenvalue weighted by Crippen LogP contribution is -2.26. The Morgan fingerprint density at radius 3 is 2.35 bits per heavy atom. The first-order valence-corrected chi connectivity index (χ1v) is 8.30. The molecule has 0 amide bonds. The molecule has 1 aromatic heterocycles. The minimum absolute atomic E-state index is 0.926. The predicted molar refractivity (Wildman–Crippen MR) is 85.8 cm³/mol. The number of hydrogen-bond acceptors (Lipinski definition) is 3. The molecule has 116 valence electrons. The fourth-order valence-corrected chi connectivity index (χ4v) is 2.30. The van der Waals surface area contributed by atoms with Crippen LogP contribution in [0.15, 0.2) is 16.7 Å². The van der Waals surface area contributed by atoms with Crippen LogP contribution in [0.2, 0.25) is 0 Å². The molecule has 0 aliphatic heterocycles. The zero-order valence-corrected chi connectivity index (χ0v) is 13.6. The molecule has 0 aromatic carbocycles. The monoisotopic (exact) mass is 280 g/mol. The predicted octanol–water partition coefficient (Wildman–Crippen LogP) is 4.18. The summed E-state index contributed by atoms with van der Waals surface area (Å²) < 4.78 is 5.70. The number of furan rings is 1. The lowest BCUT2D eigenvalue weighted by atomic mass is 10.2. The van der Waals surface area contributed by atoms with Gasteiger partial charge in [0.2, 0.25) is 0 Å². The SMILES string of the molecule is CCCCN(CCCC)Cc1occc1CNCCC. The topological polar surface area (TPSA) is 28.4 Å². The van der Waals surface area contributed by atoms with Gasteiger partial charge >= 0.3 is 0 Å². The van der Waals surface area contributed by atoms with E-state index in [0.29, 0.717) is 0 Å². The van der Waals surface area contributed by atoms with Gasteiger partial charge in [0.05, 0.1) is 12.8 Å². The highest BCUT2D eigenvalue weighted by Gasteiger charge is 2.11. The highest BCUT2D eigenvalue weighted by molar-refractivity contribution is 5.16. The zero-order valence-electron chi connectivity index (χ0n) is 13.6. The van der Waals surface area contributed by atoms with Crippen molar-refractivity contribution < 1.29 is 4.42 Å². The summed E-state index contributed by atoms with van der Waals surface area (Å²) in [6.07, 6.45) is 8.06. The molecule has 0 spiro atoms. The van der Waals surface area contributed by atoms with Crippen LogP contribution in [0.1, 0.15) is 64.2 Å². The molecule has 0 saturated heterocycles. The first kappa shape index (κ1) is 17.3. The summed E-state index contributed by atoms with van der Waals surface area (Å²) in [5.74, 6) is 1.14. The Labute approximate surface area is 124 Å². The van der Waals surface area contributed by atoms with Crippen LogP contribution in [-0.2, 0) is 13.1 Å². The summed E-state index contributed by atoms with van der Waals surface area (Å²) in [4.78, 5) is 2.54. The molecule has 1 aromatic rings. The molecule has 3 heteroatoms. The molecule has 0 aliphatic rings. The van der Waals surface area contributed by atoms with E-state index in [1.165, 1.54) is 50.8 Å². The van der Waals surface area contributed by atoms with Crippen LogP contribution in [0.25, 0.3) is 0 Å². The molecule has 0 bridgehead atoms. The standard InChI is InChI=1S/C17H32N2O/c1-4-7-11-19(12-8-5-2)15-17-16(9-13-20-17)14-18-10-6-3/h9,13,18H,4-8,10-12,14-15H2,1-3H3. The summed E-state index contributed by atoms with van der Waals surface area (Å²) in [6, 6.07) is 2.11. The summed E-state index contributed by atoms with van der Waals surface area (Å²) in [7, 11) is 0. The van der Waals surface area contributed by atoms with Gasteiger partial charge in [-0.15, -0.1) is 0 Å². The van der Waals surface area contributed by atoms with Gasteiger partial charge in [0.1, 0.15) is 5.76 Å². The number of nitrogens with zero attached hydrogens (tertiary/aromatic N) is 1. The highest BCUT2D eigenvalue weighted by Crippen LogP contribution is 2.14. The molecular formula is C17H32N2O. The van der Waals surface area contributed by atoms with Crippen molar-refractivity contribution in [1.29, 1.82) is 0 Å². The Balaban J connectivity index is 2.50. The van der Waals surface area contributed by atoms with Gasteiger partial charge in [-0.3, -0.25) is 4.90 Å². The van der Waals surface area contributed by atoms with Crippen molar-refractivity contribution in [2.75, 3.05) is 19.6 Å². The van der Waals surface area contributed by atoms with Crippen molar-refractivity contribution in [2.45, 2.75) is 66.0 Å². The molecule has 1 N–H and O–H groups in total. The fourth-order valence-electron chi connectivity index (χ4n) is 2.30. The molecular weight excluding hydrogens is 248 g/mol. The van der Waals surface area contributed by atoms with Gasteiger partial charge < -0.3 is 9.73 Å². The van der Waals surface area contributed by atoms with Crippen molar-refractivity contribution in [2.24, 2.45) is 0 Å². The van der Waals surface area contributed by atoms with E-state index in [2.05, 4.69) is 37.1 Å². The quantitative estimate of drug-likeness (QED) is 0.582. The minimum Gasteiger partial charge on any atom is -0.468 e. The van der Waals surface area contributed by atoms with Crippen LogP contribution >= 0.6 is 0 Å². The van der Waals surface area contributed by atoms with Crippen molar-refractivity contribution in [3.05, 3.63) is 23.7 Å². The van der Waals surface area contributed by atoms with Crippen LogP contribution in [0.3, 0.4) is 0 Å². The summed E-state index contributed by atoms with van der Waals surface area (Å²) >= 11 is 0. The lowest BCUT2D eigenvalue weighted by molar-refractivity contribution is 0.235. The van der Waals surface area contributed by atoms with Crippen LogP contribution in [0.5, 0.6) is 0 Å². The Bertz CT molecular complexity index is 327. The molecule has 0 fully saturated rings. The second kappa shape index (κ2) is 10.9. The van der Waals surface area contributed by atoms with Gasteiger partial charge in [0.15, 0.2) is 0 Å². The normalized spacial score (nSPS) is 11.4. The van der Waals surface area contributed by atoms with E-state index in [1.807, 2.05) is 6.26 Å². The molecule has 0 aliphatic carbocycles. The maximum absolute atomic E-state index is 5.70. The Hall–Kier alpha value is -0.800. The average Bonchev–Trinajstić information content (AvgIpc) is 2.89. The van der Waals surface area contributed by atoms with Crippen LogP contribution in [0, 0.1) is 0 Å². The second-order valence-electron chi connectivity index (χ2n) is 5.53. The van der Waals surface area contributed by atoms with Gasteiger partial charge in [-0.2, -0.15) is 0 Å². The third-order valence-corrected chi connectivity index (χ3v) is 3.60. The molecule has 0 atom stereocenters. The Morgan fingerprint density at radius 2 is 1.75 bits per heavy atom. The van der Waals surface area contributed by atoms with Gasteiger partial charge in [-0.25, -0.2) is 0 Å². The Morgan fingerprint density at radius 1 is 1.05 bits per heavy atom. The van der Waals surface area contributed by atoms with Gasteiger partial charge in [0.25, 0.3) is 0 Å². The van der Waals surface area contributed by atoms with Crippen LogP contribution < -0.4 is 5.32 Å². The van der Waals surface area contributed by atoms with E-state index in [0.717, 1.165) is 25.4 Å². The third kappa shape index (κ3) is 6.58. The van der Waals surface area contributed by atoms with Gasteiger partial charge in [-0.05, 0) is 45.0 Å². The number of unbranched alkanes of at least 4 members (excludes halogenated alkanes) is 2. The molecule has 3 nitrogen and oxygen atoms in total. The number of nitrogens with one attached hydrogen (secondary N) is 1. The van der Waals surface area contributed by atoms with Crippen LogP contribution in [0.4, 0.5) is 0 Å². The molecule has 1 heterocycles. The molecule has 20 heavy (non-hydrogen) atoms. The summed E-state index contributed by atoms with van der Waals surface area (Å²) in [6.45, 7) is 12.0. The van der Waals surface area contributed by atoms with E-state index in [4.69, 9.17) is 4.42 Å². The molecule has 1 rings (SSSR count). The lowest BCUT2D eigenvalue weighted by Gasteiger charge is -2.21. The number of rotatable bonds is 12. The van der Waals surface area contributed by atoms with Crippen molar-refractivity contribution in [3.63, 3.8) is 0 Å². The fraction of sp³-hybridized carbons (Fsp3) is 0.765. The second-order valence-corrected chi connectivity index (χ2v) is 5.53. The zero-order chi connectivity index (χ0) is 14.6. The number of hydrogen-bond donors (Lipinski definition) is 1. The van der Waals surface area contributed by atoms with Gasteiger partial charge in [-0.1, -0.05) is 33.6 Å². The van der Waals surface area contributed by atoms with Crippen LogP contribution in [-0.4, -0.2) is 24.5 Å². The van der Waals surface area contributed by atoms with Crippen molar-refractivity contribution in [1.82, 2.24) is 10.2 Å². The maximum atomic E-state index is 5.70. The minimum atomic E-state index is 0.926.